The zero-order chi connectivity index (χ0) is 13.1. The van der Waals surface area contributed by atoms with Gasteiger partial charge in [-0.15, -0.1) is 0 Å². The van der Waals surface area contributed by atoms with Crippen molar-refractivity contribution in [1.29, 1.82) is 0 Å². The quantitative estimate of drug-likeness (QED) is 0.916. The minimum absolute atomic E-state index is 0.212. The Labute approximate surface area is 113 Å². The largest absolute Gasteiger partial charge is 0.396 e. The second kappa shape index (κ2) is 5.76. The maximum absolute atomic E-state index is 9.24. The molecule has 1 fully saturated rings. The fourth-order valence-corrected chi connectivity index (χ4v) is 2.99. The molecule has 0 spiro atoms. The van der Waals surface area contributed by atoms with Crippen LogP contribution in [0.3, 0.4) is 0 Å². The molecule has 0 bridgehead atoms. The third-order valence-corrected chi connectivity index (χ3v) is 4.05. The van der Waals surface area contributed by atoms with Crippen LogP contribution in [0, 0.1) is 5.92 Å². The predicted octanol–water partition coefficient (Wildman–Crippen LogP) is 2.60. The number of hydrogen-bond acceptors (Lipinski definition) is 2. The van der Waals surface area contributed by atoms with Crippen LogP contribution in [0.1, 0.15) is 18.5 Å². The summed E-state index contributed by atoms with van der Waals surface area (Å²) in [5.74, 6) is 0.696. The van der Waals surface area contributed by atoms with Crippen molar-refractivity contribution in [2.24, 2.45) is 5.92 Å². The van der Waals surface area contributed by atoms with Crippen molar-refractivity contribution in [1.82, 2.24) is 4.57 Å². The molecule has 3 nitrogen and oxygen atoms in total. The molecular formula is C16H21NO2. The molecule has 1 aromatic carbocycles. The van der Waals surface area contributed by atoms with Crippen LogP contribution in [0.5, 0.6) is 0 Å². The van der Waals surface area contributed by atoms with Gasteiger partial charge in [-0.3, -0.25) is 0 Å². The molecule has 0 aliphatic carbocycles. The van der Waals surface area contributed by atoms with Gasteiger partial charge in [-0.2, -0.15) is 0 Å². The lowest BCUT2D eigenvalue weighted by molar-refractivity contribution is 0.0613. The van der Waals surface area contributed by atoms with Crippen LogP contribution in [-0.4, -0.2) is 29.5 Å². The smallest absolute Gasteiger partial charge is 0.0485 e. The Morgan fingerprint density at radius 1 is 1.21 bits per heavy atom. The van der Waals surface area contributed by atoms with Crippen LogP contribution in [-0.2, 0) is 17.7 Å². The highest BCUT2D eigenvalue weighted by molar-refractivity contribution is 5.81. The Kier molecular flexibility index (Phi) is 3.85. The average molecular weight is 259 g/mol. The van der Waals surface area contributed by atoms with E-state index in [9.17, 15) is 5.11 Å². The van der Waals surface area contributed by atoms with Gasteiger partial charge in [0.05, 0.1) is 0 Å². The van der Waals surface area contributed by atoms with E-state index < -0.39 is 0 Å². The Morgan fingerprint density at radius 3 is 2.79 bits per heavy atom. The normalized spacial score (nSPS) is 17.1. The lowest BCUT2D eigenvalue weighted by Crippen LogP contribution is -2.21. The number of aliphatic hydroxyl groups excluding tert-OH is 1. The van der Waals surface area contributed by atoms with Crippen molar-refractivity contribution in [2.45, 2.75) is 25.8 Å². The standard InChI is InChI=1S/C16H21NO2/c18-8-5-15-11-14-3-1-2-4-16(14)17(15)12-13-6-9-19-10-7-13/h1-4,11,13,18H,5-10,12H2. The van der Waals surface area contributed by atoms with E-state index in [2.05, 4.69) is 34.9 Å². The van der Waals surface area contributed by atoms with Gasteiger partial charge in [-0.25, -0.2) is 0 Å². The lowest BCUT2D eigenvalue weighted by Gasteiger charge is -2.24. The summed E-state index contributed by atoms with van der Waals surface area (Å²) in [6.45, 7) is 3.04. The Hall–Kier alpha value is -1.32. The maximum Gasteiger partial charge on any atom is 0.0485 e. The van der Waals surface area contributed by atoms with Crippen molar-refractivity contribution < 1.29 is 9.84 Å². The topological polar surface area (TPSA) is 34.4 Å². The summed E-state index contributed by atoms with van der Waals surface area (Å²) in [4.78, 5) is 0. The third kappa shape index (κ3) is 2.67. The monoisotopic (exact) mass is 259 g/mol. The van der Waals surface area contributed by atoms with Gasteiger partial charge in [0.2, 0.25) is 0 Å². The minimum Gasteiger partial charge on any atom is -0.396 e. The summed E-state index contributed by atoms with van der Waals surface area (Å²) in [6, 6.07) is 10.7. The van der Waals surface area contributed by atoms with Gasteiger partial charge in [-0.05, 0) is 36.3 Å². The predicted molar refractivity (Wildman–Crippen MR) is 76.3 cm³/mol. The van der Waals surface area contributed by atoms with E-state index >= 15 is 0 Å². The third-order valence-electron chi connectivity index (χ3n) is 4.05. The highest BCUT2D eigenvalue weighted by Crippen LogP contribution is 2.24. The van der Waals surface area contributed by atoms with Crippen LogP contribution in [0.15, 0.2) is 30.3 Å². The summed E-state index contributed by atoms with van der Waals surface area (Å²) in [7, 11) is 0. The fraction of sp³-hybridized carbons (Fsp3) is 0.500. The molecule has 1 saturated heterocycles. The van der Waals surface area contributed by atoms with Gasteiger partial charge in [0.15, 0.2) is 0 Å². The zero-order valence-electron chi connectivity index (χ0n) is 11.2. The molecule has 3 rings (SSSR count). The first-order valence-electron chi connectivity index (χ1n) is 7.14. The van der Waals surface area contributed by atoms with E-state index in [1.165, 1.54) is 16.6 Å². The van der Waals surface area contributed by atoms with Gasteiger partial charge in [0, 0.05) is 44.0 Å². The van der Waals surface area contributed by atoms with Crippen molar-refractivity contribution in [3.63, 3.8) is 0 Å². The van der Waals surface area contributed by atoms with Crippen LogP contribution in [0.2, 0.25) is 0 Å². The molecule has 1 aliphatic rings. The van der Waals surface area contributed by atoms with Crippen molar-refractivity contribution in [3.8, 4) is 0 Å². The van der Waals surface area contributed by atoms with Crippen molar-refractivity contribution in [2.75, 3.05) is 19.8 Å². The number of aromatic nitrogens is 1. The average Bonchev–Trinajstić information content (AvgIpc) is 2.79. The summed E-state index contributed by atoms with van der Waals surface area (Å²) in [6.07, 6.45) is 3.02. The van der Waals surface area contributed by atoms with Crippen LogP contribution >= 0.6 is 0 Å². The molecule has 19 heavy (non-hydrogen) atoms. The molecule has 0 atom stereocenters. The first-order chi connectivity index (χ1) is 9.38. The second-order valence-corrected chi connectivity index (χ2v) is 5.33. The number of para-hydroxylation sites is 1. The molecule has 2 aromatic rings. The minimum atomic E-state index is 0.212. The van der Waals surface area contributed by atoms with Gasteiger partial charge < -0.3 is 14.4 Å². The van der Waals surface area contributed by atoms with Gasteiger partial charge in [0.25, 0.3) is 0 Å². The van der Waals surface area contributed by atoms with E-state index in [0.29, 0.717) is 5.92 Å². The molecule has 0 unspecified atom stereocenters. The molecule has 3 heteroatoms. The summed E-state index contributed by atoms with van der Waals surface area (Å²) in [5, 5.41) is 10.5. The molecule has 1 aromatic heterocycles. The van der Waals surface area contributed by atoms with E-state index in [1.54, 1.807) is 0 Å². The Morgan fingerprint density at radius 2 is 2.00 bits per heavy atom. The molecule has 102 valence electrons. The number of fused-ring (bicyclic) bond motifs is 1. The summed E-state index contributed by atoms with van der Waals surface area (Å²) >= 11 is 0. The van der Waals surface area contributed by atoms with Crippen LogP contribution in [0.25, 0.3) is 10.9 Å². The molecule has 1 aliphatic heterocycles. The van der Waals surface area contributed by atoms with Crippen LogP contribution in [0.4, 0.5) is 0 Å². The SMILES string of the molecule is OCCc1cc2ccccc2n1CC1CCOCC1. The van der Waals surface area contributed by atoms with E-state index in [-0.39, 0.29) is 6.61 Å². The number of benzene rings is 1. The van der Waals surface area contributed by atoms with E-state index in [0.717, 1.165) is 39.0 Å². The molecule has 1 N–H and O–H groups in total. The lowest BCUT2D eigenvalue weighted by atomic mass is 10.00. The first kappa shape index (κ1) is 12.7. The second-order valence-electron chi connectivity index (χ2n) is 5.33. The molecule has 0 amide bonds. The summed E-state index contributed by atoms with van der Waals surface area (Å²) < 4.78 is 7.83. The fourth-order valence-electron chi connectivity index (χ4n) is 2.99. The van der Waals surface area contributed by atoms with Gasteiger partial charge in [0.1, 0.15) is 0 Å². The number of ether oxygens (including phenoxy) is 1. The summed E-state index contributed by atoms with van der Waals surface area (Å²) in [5.41, 5.74) is 2.53. The van der Waals surface area contributed by atoms with Crippen molar-refractivity contribution in [3.05, 3.63) is 36.0 Å². The molecule has 0 radical (unpaired) electrons. The molecule has 0 saturated carbocycles. The van der Waals surface area contributed by atoms with Gasteiger partial charge in [-0.1, -0.05) is 18.2 Å². The molecule has 2 heterocycles. The van der Waals surface area contributed by atoms with Gasteiger partial charge >= 0.3 is 0 Å². The Balaban J connectivity index is 1.92. The maximum atomic E-state index is 9.24. The highest BCUT2D eigenvalue weighted by Gasteiger charge is 2.17. The highest BCUT2D eigenvalue weighted by atomic mass is 16.5. The molecular weight excluding hydrogens is 238 g/mol. The first-order valence-corrected chi connectivity index (χ1v) is 7.14. The number of aliphatic hydroxyl groups is 1. The number of nitrogens with zero attached hydrogens (tertiary/aromatic N) is 1. The zero-order valence-corrected chi connectivity index (χ0v) is 11.2. The van der Waals surface area contributed by atoms with E-state index in [4.69, 9.17) is 4.74 Å². The Bertz CT molecular complexity index is 541. The number of rotatable bonds is 4. The van der Waals surface area contributed by atoms with Crippen molar-refractivity contribution >= 4 is 10.9 Å². The van der Waals surface area contributed by atoms with Crippen LogP contribution < -0.4 is 0 Å². The van der Waals surface area contributed by atoms with E-state index in [1.807, 2.05) is 0 Å². The number of hydrogen-bond donors (Lipinski definition) is 1.